The van der Waals surface area contributed by atoms with Crippen molar-refractivity contribution in [3.63, 3.8) is 0 Å². The van der Waals surface area contributed by atoms with E-state index >= 15 is 0 Å². The molecule has 26 heavy (non-hydrogen) atoms. The van der Waals surface area contributed by atoms with Crippen LogP contribution in [-0.2, 0) is 17.9 Å². The summed E-state index contributed by atoms with van der Waals surface area (Å²) in [6.07, 6.45) is 0. The van der Waals surface area contributed by atoms with Gasteiger partial charge in [0.2, 0.25) is 0 Å². The molecule has 1 N–H and O–H groups in total. The Labute approximate surface area is 168 Å². The van der Waals surface area contributed by atoms with Gasteiger partial charge in [0.25, 0.3) is 0 Å². The van der Waals surface area contributed by atoms with Gasteiger partial charge in [-0.3, -0.25) is 4.90 Å². The molecule has 4 nitrogen and oxygen atoms in total. The lowest BCUT2D eigenvalue weighted by Crippen LogP contribution is -3.00. The summed E-state index contributed by atoms with van der Waals surface area (Å²) in [5.41, 5.74) is 2.47. The SMILES string of the molecule is [Cl-].[Cl-].c1ccc(COc2ccc(CNCCN3CCOCC3)cc2)cc1. The summed E-state index contributed by atoms with van der Waals surface area (Å²) in [6, 6.07) is 18.6. The molecule has 0 aliphatic carbocycles. The molecule has 0 atom stereocenters. The molecule has 0 spiro atoms. The molecule has 1 aliphatic rings. The van der Waals surface area contributed by atoms with E-state index in [0.29, 0.717) is 6.61 Å². The maximum absolute atomic E-state index is 5.81. The van der Waals surface area contributed by atoms with E-state index in [-0.39, 0.29) is 24.8 Å². The molecular formula is C20H26Cl2N2O2-2. The van der Waals surface area contributed by atoms with Crippen molar-refractivity contribution in [3.05, 3.63) is 65.7 Å². The molecule has 2 aromatic rings. The molecule has 0 unspecified atom stereocenters. The van der Waals surface area contributed by atoms with Crippen molar-refractivity contribution in [2.24, 2.45) is 0 Å². The first-order chi connectivity index (χ1) is 11.9. The van der Waals surface area contributed by atoms with Gasteiger partial charge in [0.1, 0.15) is 12.4 Å². The minimum absolute atomic E-state index is 0. The van der Waals surface area contributed by atoms with Crippen molar-refractivity contribution in [2.75, 3.05) is 39.4 Å². The van der Waals surface area contributed by atoms with Gasteiger partial charge in [0, 0.05) is 32.7 Å². The van der Waals surface area contributed by atoms with Crippen LogP contribution in [-0.4, -0.2) is 44.3 Å². The fourth-order valence-corrected chi connectivity index (χ4v) is 2.74. The van der Waals surface area contributed by atoms with Crippen molar-refractivity contribution in [3.8, 4) is 5.75 Å². The van der Waals surface area contributed by atoms with Crippen LogP contribution in [0.2, 0.25) is 0 Å². The Kier molecular flexibility index (Phi) is 11.3. The smallest absolute Gasteiger partial charge is 0.119 e. The Morgan fingerprint density at radius 3 is 2.27 bits per heavy atom. The largest absolute Gasteiger partial charge is 1.00 e. The van der Waals surface area contributed by atoms with Crippen LogP contribution < -0.4 is 34.9 Å². The highest BCUT2D eigenvalue weighted by Gasteiger charge is 2.08. The molecule has 0 amide bonds. The van der Waals surface area contributed by atoms with Gasteiger partial charge >= 0.3 is 0 Å². The number of hydrogen-bond donors (Lipinski definition) is 1. The second-order valence-electron chi connectivity index (χ2n) is 6.05. The van der Waals surface area contributed by atoms with Crippen LogP contribution >= 0.6 is 0 Å². The molecule has 2 aromatic carbocycles. The van der Waals surface area contributed by atoms with Crippen molar-refractivity contribution < 1.29 is 34.3 Å². The maximum Gasteiger partial charge on any atom is 0.119 e. The number of morpholine rings is 1. The van der Waals surface area contributed by atoms with E-state index in [1.54, 1.807) is 0 Å². The van der Waals surface area contributed by atoms with E-state index < -0.39 is 0 Å². The second-order valence-corrected chi connectivity index (χ2v) is 6.05. The Morgan fingerprint density at radius 2 is 1.58 bits per heavy atom. The van der Waals surface area contributed by atoms with Crippen LogP contribution in [0.4, 0.5) is 0 Å². The van der Waals surface area contributed by atoms with Gasteiger partial charge in [-0.2, -0.15) is 0 Å². The average Bonchev–Trinajstić information content (AvgIpc) is 2.66. The minimum Gasteiger partial charge on any atom is -1.00 e. The molecule has 0 radical (unpaired) electrons. The molecule has 0 bridgehead atoms. The van der Waals surface area contributed by atoms with Crippen molar-refractivity contribution in [2.45, 2.75) is 13.2 Å². The van der Waals surface area contributed by atoms with E-state index in [4.69, 9.17) is 9.47 Å². The molecule has 1 heterocycles. The lowest BCUT2D eigenvalue weighted by atomic mass is 10.2. The molecule has 6 heteroatoms. The van der Waals surface area contributed by atoms with Crippen molar-refractivity contribution in [1.29, 1.82) is 0 Å². The predicted octanol–water partition coefficient (Wildman–Crippen LogP) is -3.30. The quantitative estimate of drug-likeness (QED) is 0.474. The highest BCUT2D eigenvalue weighted by molar-refractivity contribution is 5.27. The summed E-state index contributed by atoms with van der Waals surface area (Å²) in [5, 5.41) is 3.50. The number of hydrogen-bond acceptors (Lipinski definition) is 4. The van der Waals surface area contributed by atoms with Crippen LogP contribution in [0.5, 0.6) is 5.75 Å². The van der Waals surface area contributed by atoms with E-state index in [0.717, 1.165) is 51.7 Å². The van der Waals surface area contributed by atoms with Crippen molar-refractivity contribution in [1.82, 2.24) is 10.2 Å². The number of halogens is 2. The highest BCUT2D eigenvalue weighted by Crippen LogP contribution is 2.14. The van der Waals surface area contributed by atoms with Gasteiger partial charge in [-0.05, 0) is 23.3 Å². The fourth-order valence-electron chi connectivity index (χ4n) is 2.74. The third-order valence-corrected chi connectivity index (χ3v) is 4.21. The average molecular weight is 397 g/mol. The lowest BCUT2D eigenvalue weighted by Gasteiger charge is -2.26. The molecule has 3 rings (SSSR count). The van der Waals surface area contributed by atoms with Crippen LogP contribution in [0.15, 0.2) is 54.6 Å². The molecular weight excluding hydrogens is 371 g/mol. The van der Waals surface area contributed by atoms with Gasteiger partial charge in [-0.25, -0.2) is 0 Å². The van der Waals surface area contributed by atoms with E-state index in [2.05, 4.69) is 34.5 Å². The normalized spacial score (nSPS) is 14.2. The van der Waals surface area contributed by atoms with Crippen LogP contribution in [0.25, 0.3) is 0 Å². The third kappa shape index (κ3) is 7.94. The monoisotopic (exact) mass is 396 g/mol. The van der Waals surface area contributed by atoms with Crippen LogP contribution in [0.1, 0.15) is 11.1 Å². The first kappa shape index (κ1) is 22.7. The lowest BCUT2D eigenvalue weighted by molar-refractivity contribution is -0.00100. The van der Waals surface area contributed by atoms with Crippen LogP contribution in [0.3, 0.4) is 0 Å². The van der Waals surface area contributed by atoms with Gasteiger partial charge in [0.15, 0.2) is 0 Å². The van der Waals surface area contributed by atoms with Crippen molar-refractivity contribution >= 4 is 0 Å². The number of ether oxygens (including phenoxy) is 2. The standard InChI is InChI=1S/C20H26N2O2.2ClH/c1-2-4-19(5-3-1)17-24-20-8-6-18(7-9-20)16-21-10-11-22-12-14-23-15-13-22;;/h1-9,21H,10-17H2;2*1H/p-2. The van der Waals surface area contributed by atoms with Crippen LogP contribution in [0, 0.1) is 0 Å². The zero-order valence-electron chi connectivity index (χ0n) is 14.9. The first-order valence-corrected chi connectivity index (χ1v) is 8.67. The second kappa shape index (κ2) is 13.0. The predicted molar refractivity (Wildman–Crippen MR) is 96.2 cm³/mol. The summed E-state index contributed by atoms with van der Waals surface area (Å²) in [4.78, 5) is 2.44. The van der Waals surface area contributed by atoms with E-state index in [1.807, 2.05) is 30.3 Å². The Hall–Kier alpha value is -1.30. The Morgan fingerprint density at radius 1 is 0.885 bits per heavy atom. The minimum atomic E-state index is 0. The summed E-state index contributed by atoms with van der Waals surface area (Å²) in [5.74, 6) is 0.913. The molecule has 1 fully saturated rings. The molecule has 0 aromatic heterocycles. The molecule has 144 valence electrons. The Balaban J connectivity index is 0.00000169. The van der Waals surface area contributed by atoms with Gasteiger partial charge in [0.05, 0.1) is 13.2 Å². The fraction of sp³-hybridized carbons (Fsp3) is 0.400. The first-order valence-electron chi connectivity index (χ1n) is 8.67. The van der Waals surface area contributed by atoms with E-state index in [9.17, 15) is 0 Å². The molecule has 1 saturated heterocycles. The number of nitrogens with one attached hydrogen (secondary N) is 1. The molecule has 1 aliphatic heterocycles. The number of rotatable bonds is 8. The van der Waals surface area contributed by atoms with Gasteiger partial charge < -0.3 is 39.6 Å². The zero-order valence-corrected chi connectivity index (χ0v) is 16.4. The number of nitrogens with zero attached hydrogens (tertiary/aromatic N) is 1. The summed E-state index contributed by atoms with van der Waals surface area (Å²) >= 11 is 0. The summed E-state index contributed by atoms with van der Waals surface area (Å²) < 4.78 is 11.2. The summed E-state index contributed by atoms with van der Waals surface area (Å²) in [7, 11) is 0. The maximum atomic E-state index is 5.81. The summed E-state index contributed by atoms with van der Waals surface area (Å²) in [6.45, 7) is 7.42. The Bertz CT molecular complexity index is 591. The third-order valence-electron chi connectivity index (χ3n) is 4.21. The van der Waals surface area contributed by atoms with E-state index in [1.165, 1.54) is 11.1 Å². The number of benzene rings is 2. The molecule has 0 saturated carbocycles. The van der Waals surface area contributed by atoms with Gasteiger partial charge in [-0.15, -0.1) is 0 Å². The topological polar surface area (TPSA) is 33.7 Å². The van der Waals surface area contributed by atoms with Gasteiger partial charge in [-0.1, -0.05) is 42.5 Å². The zero-order chi connectivity index (χ0) is 16.5. The highest BCUT2D eigenvalue weighted by atomic mass is 35.5.